The van der Waals surface area contributed by atoms with Gasteiger partial charge in [-0.1, -0.05) is 41.6 Å². The van der Waals surface area contributed by atoms with Crippen LogP contribution >= 0.6 is 23.4 Å². The van der Waals surface area contributed by atoms with Gasteiger partial charge < -0.3 is 5.32 Å². The topological polar surface area (TPSA) is 59.3 Å². The molecule has 1 atom stereocenters. The molecule has 1 unspecified atom stereocenters. The number of amides is 1. The average Bonchev–Trinajstić information content (AvgIpc) is 2.97. The fourth-order valence-corrected chi connectivity index (χ4v) is 3.03. The second-order valence-corrected chi connectivity index (χ2v) is 6.42. The van der Waals surface area contributed by atoms with Crippen LogP contribution in [0.3, 0.4) is 0 Å². The molecule has 7 heteroatoms. The number of halogens is 1. The molecule has 2 heterocycles. The minimum absolute atomic E-state index is 0.0508. The minimum Gasteiger partial charge on any atom is -0.349 e. The van der Waals surface area contributed by atoms with Gasteiger partial charge in [0.05, 0.1) is 11.8 Å². The van der Waals surface area contributed by atoms with Gasteiger partial charge in [0.25, 0.3) is 0 Å². The number of fused-ring (bicyclic) bond motifs is 1. The summed E-state index contributed by atoms with van der Waals surface area (Å²) in [7, 11) is 0. The predicted molar refractivity (Wildman–Crippen MR) is 91.7 cm³/mol. The number of hydrogen-bond donors (Lipinski definition) is 1. The molecule has 0 aliphatic heterocycles. The SMILES string of the molecule is CC(NC(=O)CSc1nnc2ccccn12)c1ccc(Cl)cc1. The standard InChI is InChI=1S/C16H15ClN4OS/c1-11(12-5-7-13(17)8-6-12)18-15(22)10-23-16-20-19-14-4-2-3-9-21(14)16/h2-9,11H,10H2,1H3,(H,18,22). The zero-order valence-electron chi connectivity index (χ0n) is 12.4. The number of aromatic nitrogens is 3. The quantitative estimate of drug-likeness (QED) is 0.720. The van der Waals surface area contributed by atoms with Gasteiger partial charge in [-0.15, -0.1) is 10.2 Å². The maximum atomic E-state index is 12.1. The van der Waals surface area contributed by atoms with E-state index >= 15 is 0 Å². The fraction of sp³-hybridized carbons (Fsp3) is 0.188. The summed E-state index contributed by atoms with van der Waals surface area (Å²) in [6, 6.07) is 13.1. The van der Waals surface area contributed by atoms with Gasteiger partial charge in [-0.2, -0.15) is 0 Å². The number of hydrogen-bond acceptors (Lipinski definition) is 4. The van der Waals surface area contributed by atoms with Crippen molar-refractivity contribution in [1.29, 1.82) is 0 Å². The van der Waals surface area contributed by atoms with E-state index in [1.54, 1.807) is 0 Å². The Hall–Kier alpha value is -2.05. The van der Waals surface area contributed by atoms with Crippen molar-refractivity contribution in [3.05, 3.63) is 59.2 Å². The number of nitrogens with one attached hydrogen (secondary N) is 1. The number of pyridine rings is 1. The van der Waals surface area contributed by atoms with E-state index in [0.717, 1.165) is 11.2 Å². The van der Waals surface area contributed by atoms with Crippen LogP contribution in [0, 0.1) is 0 Å². The molecule has 0 aliphatic rings. The molecule has 0 spiro atoms. The highest BCUT2D eigenvalue weighted by atomic mass is 35.5. The van der Waals surface area contributed by atoms with Crippen molar-refractivity contribution in [3.8, 4) is 0 Å². The Balaban J connectivity index is 1.58. The van der Waals surface area contributed by atoms with E-state index in [0.29, 0.717) is 10.2 Å². The fourth-order valence-electron chi connectivity index (χ4n) is 2.17. The first-order chi connectivity index (χ1) is 11.1. The van der Waals surface area contributed by atoms with Crippen molar-refractivity contribution in [2.24, 2.45) is 0 Å². The Morgan fingerprint density at radius 3 is 2.83 bits per heavy atom. The van der Waals surface area contributed by atoms with Gasteiger partial charge >= 0.3 is 0 Å². The van der Waals surface area contributed by atoms with Crippen LogP contribution in [-0.2, 0) is 4.79 Å². The van der Waals surface area contributed by atoms with Gasteiger partial charge in [0.1, 0.15) is 0 Å². The molecule has 2 aromatic heterocycles. The Kier molecular flexibility index (Phi) is 4.83. The third-order valence-electron chi connectivity index (χ3n) is 3.36. The first kappa shape index (κ1) is 15.8. The lowest BCUT2D eigenvalue weighted by Crippen LogP contribution is -2.28. The molecule has 0 saturated carbocycles. The maximum Gasteiger partial charge on any atom is 0.230 e. The molecule has 1 amide bonds. The van der Waals surface area contributed by atoms with Crippen LogP contribution < -0.4 is 5.32 Å². The molecule has 3 rings (SSSR count). The van der Waals surface area contributed by atoms with E-state index in [1.807, 2.05) is 60.0 Å². The van der Waals surface area contributed by atoms with E-state index in [-0.39, 0.29) is 17.7 Å². The third kappa shape index (κ3) is 3.83. The number of carbonyl (C=O) groups excluding carboxylic acids is 1. The summed E-state index contributed by atoms with van der Waals surface area (Å²) in [4.78, 5) is 12.1. The summed E-state index contributed by atoms with van der Waals surface area (Å²) in [5.41, 5.74) is 1.78. The van der Waals surface area contributed by atoms with Gasteiger partial charge in [-0.05, 0) is 36.8 Å². The monoisotopic (exact) mass is 346 g/mol. The number of benzene rings is 1. The van der Waals surface area contributed by atoms with E-state index < -0.39 is 0 Å². The zero-order valence-corrected chi connectivity index (χ0v) is 14.0. The van der Waals surface area contributed by atoms with Crippen LogP contribution in [0.5, 0.6) is 0 Å². The summed E-state index contributed by atoms with van der Waals surface area (Å²) in [5.74, 6) is 0.235. The lowest BCUT2D eigenvalue weighted by atomic mass is 10.1. The zero-order chi connectivity index (χ0) is 16.2. The maximum absolute atomic E-state index is 12.1. The molecule has 1 aromatic carbocycles. The Bertz CT molecular complexity index is 818. The van der Waals surface area contributed by atoms with E-state index in [9.17, 15) is 4.79 Å². The molecule has 118 valence electrons. The third-order valence-corrected chi connectivity index (χ3v) is 4.56. The average molecular weight is 347 g/mol. The number of carbonyl (C=O) groups is 1. The number of thioether (sulfide) groups is 1. The molecule has 1 N–H and O–H groups in total. The Labute approximate surface area is 143 Å². The highest BCUT2D eigenvalue weighted by Gasteiger charge is 2.12. The van der Waals surface area contributed by atoms with E-state index in [2.05, 4.69) is 15.5 Å². The van der Waals surface area contributed by atoms with Gasteiger partial charge in [0.2, 0.25) is 5.91 Å². The molecule has 5 nitrogen and oxygen atoms in total. The predicted octanol–water partition coefficient (Wildman–Crippen LogP) is 3.35. The molecule has 3 aromatic rings. The largest absolute Gasteiger partial charge is 0.349 e. The van der Waals surface area contributed by atoms with Gasteiger partial charge in [-0.3, -0.25) is 9.20 Å². The molecule has 0 saturated heterocycles. The summed E-state index contributed by atoms with van der Waals surface area (Å²) in [6.07, 6.45) is 1.88. The van der Waals surface area contributed by atoms with Crippen molar-refractivity contribution >= 4 is 34.9 Å². The number of rotatable bonds is 5. The molecular weight excluding hydrogens is 332 g/mol. The Morgan fingerprint density at radius 1 is 1.26 bits per heavy atom. The first-order valence-electron chi connectivity index (χ1n) is 7.11. The smallest absolute Gasteiger partial charge is 0.230 e. The molecule has 0 fully saturated rings. The normalized spacial score (nSPS) is 12.3. The van der Waals surface area contributed by atoms with Gasteiger partial charge in [0, 0.05) is 11.2 Å². The van der Waals surface area contributed by atoms with Crippen molar-refractivity contribution < 1.29 is 4.79 Å². The van der Waals surface area contributed by atoms with Crippen molar-refractivity contribution in [2.75, 3.05) is 5.75 Å². The molecule has 23 heavy (non-hydrogen) atoms. The van der Waals surface area contributed by atoms with Crippen LogP contribution in [0.2, 0.25) is 5.02 Å². The second kappa shape index (κ2) is 7.02. The van der Waals surface area contributed by atoms with Crippen LogP contribution in [-0.4, -0.2) is 26.3 Å². The molecule has 0 radical (unpaired) electrons. The van der Waals surface area contributed by atoms with Crippen molar-refractivity contribution in [1.82, 2.24) is 19.9 Å². The van der Waals surface area contributed by atoms with Crippen LogP contribution in [0.1, 0.15) is 18.5 Å². The summed E-state index contributed by atoms with van der Waals surface area (Å²) in [5, 5.41) is 12.5. The lowest BCUT2D eigenvalue weighted by Gasteiger charge is -2.14. The lowest BCUT2D eigenvalue weighted by molar-refractivity contribution is -0.119. The second-order valence-electron chi connectivity index (χ2n) is 5.04. The van der Waals surface area contributed by atoms with Crippen LogP contribution in [0.15, 0.2) is 53.8 Å². The molecular formula is C16H15ClN4OS. The Morgan fingerprint density at radius 2 is 2.04 bits per heavy atom. The highest BCUT2D eigenvalue weighted by Crippen LogP contribution is 2.18. The van der Waals surface area contributed by atoms with Crippen LogP contribution in [0.25, 0.3) is 5.65 Å². The van der Waals surface area contributed by atoms with Crippen LogP contribution in [0.4, 0.5) is 0 Å². The summed E-state index contributed by atoms with van der Waals surface area (Å²) >= 11 is 7.23. The minimum atomic E-state index is -0.0736. The first-order valence-corrected chi connectivity index (χ1v) is 8.47. The van der Waals surface area contributed by atoms with Crippen molar-refractivity contribution in [2.45, 2.75) is 18.1 Å². The molecule has 0 bridgehead atoms. The summed E-state index contributed by atoms with van der Waals surface area (Å²) < 4.78 is 1.86. The summed E-state index contributed by atoms with van der Waals surface area (Å²) in [6.45, 7) is 1.94. The van der Waals surface area contributed by atoms with Gasteiger partial charge in [0.15, 0.2) is 10.8 Å². The van der Waals surface area contributed by atoms with E-state index in [1.165, 1.54) is 11.8 Å². The van der Waals surface area contributed by atoms with Crippen molar-refractivity contribution in [3.63, 3.8) is 0 Å². The highest BCUT2D eigenvalue weighted by molar-refractivity contribution is 7.99. The number of nitrogens with zero attached hydrogens (tertiary/aromatic N) is 3. The molecule has 0 aliphatic carbocycles. The van der Waals surface area contributed by atoms with E-state index in [4.69, 9.17) is 11.6 Å². The van der Waals surface area contributed by atoms with Gasteiger partial charge in [-0.25, -0.2) is 0 Å².